The molecule has 4 aliphatic carbocycles. The van der Waals surface area contributed by atoms with E-state index in [4.69, 9.17) is 0 Å². The van der Waals surface area contributed by atoms with E-state index in [1.165, 1.54) is 0 Å². The minimum atomic E-state index is -1.19. The van der Waals surface area contributed by atoms with E-state index >= 15 is 0 Å². The van der Waals surface area contributed by atoms with E-state index in [-0.39, 0.29) is 35.5 Å². The van der Waals surface area contributed by atoms with Crippen molar-refractivity contribution >= 4 is 5.78 Å². The minimum Gasteiger partial charge on any atom is -0.392 e. The molecule has 0 radical (unpaired) electrons. The Balaban J connectivity index is 1.75. The van der Waals surface area contributed by atoms with Crippen molar-refractivity contribution in [3.05, 3.63) is 11.6 Å². The third-order valence-electron chi connectivity index (χ3n) is 8.96. The number of hydrogen-bond acceptors (Lipinski definition) is 6. The molecule has 0 spiro atoms. The fourth-order valence-corrected chi connectivity index (χ4v) is 6.99. The van der Waals surface area contributed by atoms with Gasteiger partial charge >= 0.3 is 0 Å². The molecule has 0 saturated heterocycles. The van der Waals surface area contributed by atoms with Crippen molar-refractivity contribution in [1.82, 2.24) is 4.90 Å². The highest BCUT2D eigenvalue weighted by Crippen LogP contribution is 2.60. The molecule has 0 bridgehead atoms. The quantitative estimate of drug-likeness (QED) is 0.490. The molecule has 0 heterocycles. The molecule has 6 nitrogen and oxygen atoms in total. The first-order chi connectivity index (χ1) is 13.0. The summed E-state index contributed by atoms with van der Waals surface area (Å²) in [4.78, 5) is 14.6. The van der Waals surface area contributed by atoms with Crippen LogP contribution < -0.4 is 0 Å². The van der Waals surface area contributed by atoms with Crippen LogP contribution in [0.2, 0.25) is 0 Å². The van der Waals surface area contributed by atoms with Gasteiger partial charge in [-0.05, 0) is 63.1 Å². The lowest BCUT2D eigenvalue weighted by Crippen LogP contribution is -2.58. The molecule has 3 fully saturated rings. The molecule has 28 heavy (non-hydrogen) atoms. The standard InChI is InChI=1S/C22H35NO5/c1-11-18(25)13-9-15-19(26)20(27)16(23(3)4)10-22(15,28)8-7-12(13)14-5-6-17(24)21(11,14)2/h9,11-14,16,18-20,25-28H,5-8,10H2,1-4H3. The second kappa shape index (κ2) is 6.61. The van der Waals surface area contributed by atoms with Crippen LogP contribution in [0, 0.1) is 29.1 Å². The Morgan fingerprint density at radius 2 is 1.82 bits per heavy atom. The SMILES string of the molecule is CC1C(O)C2C=C3C(O)C(O)C(N(C)C)CC3(O)CCC2C2CCC(=O)C12C. The summed E-state index contributed by atoms with van der Waals surface area (Å²) < 4.78 is 0. The molecule has 10 unspecified atom stereocenters. The van der Waals surface area contributed by atoms with Gasteiger partial charge in [0.2, 0.25) is 0 Å². The summed E-state index contributed by atoms with van der Waals surface area (Å²) in [7, 11) is 3.69. The van der Waals surface area contributed by atoms with Gasteiger partial charge in [-0.25, -0.2) is 0 Å². The van der Waals surface area contributed by atoms with E-state index in [0.29, 0.717) is 31.3 Å². The van der Waals surface area contributed by atoms with Gasteiger partial charge in [0.1, 0.15) is 11.9 Å². The molecule has 0 aromatic carbocycles. The second-order valence-electron chi connectivity index (χ2n) is 10.2. The average molecular weight is 394 g/mol. The van der Waals surface area contributed by atoms with Gasteiger partial charge in [-0.15, -0.1) is 0 Å². The van der Waals surface area contributed by atoms with Crippen molar-refractivity contribution in [3.8, 4) is 0 Å². The minimum absolute atomic E-state index is 0.104. The fraction of sp³-hybridized carbons (Fsp3) is 0.864. The van der Waals surface area contributed by atoms with Crippen LogP contribution in [-0.4, -0.2) is 75.2 Å². The highest BCUT2D eigenvalue weighted by atomic mass is 16.3. The van der Waals surface area contributed by atoms with E-state index in [1.54, 1.807) is 0 Å². The first-order valence-electron chi connectivity index (χ1n) is 10.7. The molecule has 0 amide bonds. The molecular weight excluding hydrogens is 358 g/mol. The van der Waals surface area contributed by atoms with Crippen molar-refractivity contribution < 1.29 is 25.2 Å². The topological polar surface area (TPSA) is 101 Å². The van der Waals surface area contributed by atoms with Crippen LogP contribution in [0.5, 0.6) is 0 Å². The Morgan fingerprint density at radius 3 is 2.46 bits per heavy atom. The maximum atomic E-state index is 12.7. The number of hydrogen-bond donors (Lipinski definition) is 4. The summed E-state index contributed by atoms with van der Waals surface area (Å²) in [6.45, 7) is 3.97. The van der Waals surface area contributed by atoms with Gasteiger partial charge in [0.05, 0.1) is 17.8 Å². The number of fused-ring (bicyclic) bond motifs is 4. The number of aliphatic hydroxyl groups is 4. The van der Waals surface area contributed by atoms with Gasteiger partial charge in [0.15, 0.2) is 0 Å². The van der Waals surface area contributed by atoms with E-state index in [9.17, 15) is 25.2 Å². The molecule has 158 valence electrons. The number of carbonyl (C=O) groups is 1. The average Bonchev–Trinajstić information content (AvgIpc) is 2.85. The summed E-state index contributed by atoms with van der Waals surface area (Å²) in [6, 6.07) is -0.334. The molecule has 3 saturated carbocycles. The zero-order chi connectivity index (χ0) is 20.6. The molecule has 10 atom stereocenters. The summed E-state index contributed by atoms with van der Waals surface area (Å²) in [6.07, 6.45) is 1.99. The highest BCUT2D eigenvalue weighted by Gasteiger charge is 2.61. The van der Waals surface area contributed by atoms with Crippen molar-refractivity contribution in [3.63, 3.8) is 0 Å². The number of Topliss-reactive ketones (excluding diaryl/α,β-unsaturated/α-hetero) is 1. The molecule has 4 N–H and O–H groups in total. The fourth-order valence-electron chi connectivity index (χ4n) is 6.99. The lowest BCUT2D eigenvalue weighted by atomic mass is 9.53. The Labute approximate surface area is 167 Å². The largest absolute Gasteiger partial charge is 0.392 e. The van der Waals surface area contributed by atoms with E-state index in [0.717, 1.165) is 6.42 Å². The third kappa shape index (κ3) is 2.61. The maximum absolute atomic E-state index is 12.7. The molecule has 4 rings (SSSR count). The summed E-state index contributed by atoms with van der Waals surface area (Å²) in [5.74, 6) is 0.166. The van der Waals surface area contributed by atoms with Gasteiger partial charge in [-0.3, -0.25) is 4.79 Å². The van der Waals surface area contributed by atoms with Gasteiger partial charge in [-0.1, -0.05) is 19.9 Å². The number of rotatable bonds is 1. The first-order valence-corrected chi connectivity index (χ1v) is 10.7. The molecule has 6 heteroatoms. The van der Waals surface area contributed by atoms with Crippen LogP contribution in [0.1, 0.15) is 46.0 Å². The second-order valence-corrected chi connectivity index (χ2v) is 10.2. The number of likely N-dealkylation sites (N-methyl/N-ethyl adjacent to an activating group) is 1. The van der Waals surface area contributed by atoms with Crippen LogP contribution in [0.25, 0.3) is 0 Å². The van der Waals surface area contributed by atoms with Crippen LogP contribution in [0.15, 0.2) is 11.6 Å². The maximum Gasteiger partial charge on any atom is 0.139 e. The highest BCUT2D eigenvalue weighted by molar-refractivity contribution is 5.87. The lowest BCUT2D eigenvalue weighted by molar-refractivity contribution is -0.145. The van der Waals surface area contributed by atoms with Crippen molar-refractivity contribution in [2.45, 2.75) is 75.9 Å². The van der Waals surface area contributed by atoms with E-state index in [1.807, 2.05) is 38.9 Å². The molecule has 0 aliphatic heterocycles. The summed E-state index contributed by atoms with van der Waals surface area (Å²) >= 11 is 0. The smallest absolute Gasteiger partial charge is 0.139 e. The first kappa shape index (κ1) is 20.5. The number of ketones is 1. The number of aliphatic hydroxyl groups excluding tert-OH is 3. The predicted octanol–water partition coefficient (Wildman–Crippen LogP) is 0.722. The summed E-state index contributed by atoms with van der Waals surface area (Å²) in [5, 5.41) is 44.2. The lowest BCUT2D eigenvalue weighted by Gasteiger charge is -2.51. The Morgan fingerprint density at radius 1 is 1.14 bits per heavy atom. The van der Waals surface area contributed by atoms with Crippen molar-refractivity contribution in [1.29, 1.82) is 0 Å². The zero-order valence-electron chi connectivity index (χ0n) is 17.4. The zero-order valence-corrected chi connectivity index (χ0v) is 17.4. The Hall–Kier alpha value is -0.790. The Kier molecular flexibility index (Phi) is 4.83. The van der Waals surface area contributed by atoms with Crippen LogP contribution in [0.4, 0.5) is 0 Å². The normalized spacial score (nSPS) is 53.9. The molecule has 4 aliphatic rings. The van der Waals surface area contributed by atoms with Crippen LogP contribution >= 0.6 is 0 Å². The molecule has 0 aromatic rings. The molecular formula is C22H35NO5. The number of carbonyl (C=O) groups excluding carboxylic acids is 1. The van der Waals surface area contributed by atoms with Crippen molar-refractivity contribution in [2.75, 3.05) is 14.1 Å². The summed E-state index contributed by atoms with van der Waals surface area (Å²) in [5.41, 5.74) is -1.24. The third-order valence-corrected chi connectivity index (χ3v) is 8.96. The van der Waals surface area contributed by atoms with E-state index < -0.39 is 29.3 Å². The van der Waals surface area contributed by atoms with Gasteiger partial charge in [-0.2, -0.15) is 0 Å². The van der Waals surface area contributed by atoms with Crippen LogP contribution in [-0.2, 0) is 4.79 Å². The van der Waals surface area contributed by atoms with Gasteiger partial charge < -0.3 is 25.3 Å². The van der Waals surface area contributed by atoms with Gasteiger partial charge in [0.25, 0.3) is 0 Å². The monoisotopic (exact) mass is 393 g/mol. The van der Waals surface area contributed by atoms with Crippen LogP contribution in [0.3, 0.4) is 0 Å². The van der Waals surface area contributed by atoms with E-state index in [2.05, 4.69) is 0 Å². The van der Waals surface area contributed by atoms with Gasteiger partial charge in [0, 0.05) is 23.8 Å². The predicted molar refractivity (Wildman–Crippen MR) is 104 cm³/mol. The molecule has 0 aromatic heterocycles. The number of nitrogens with zero attached hydrogens (tertiary/aromatic N) is 1. The Bertz CT molecular complexity index is 692. The van der Waals surface area contributed by atoms with Crippen molar-refractivity contribution in [2.24, 2.45) is 29.1 Å².